The van der Waals surface area contributed by atoms with Crippen molar-refractivity contribution < 1.29 is 14.7 Å². The van der Waals surface area contributed by atoms with E-state index in [1.807, 2.05) is 23.1 Å². The maximum absolute atomic E-state index is 12.7. The van der Waals surface area contributed by atoms with E-state index >= 15 is 0 Å². The molecule has 37 heavy (non-hydrogen) atoms. The molecule has 0 bridgehead atoms. The molecule has 2 N–H and O–H groups in total. The zero-order valence-electron chi connectivity index (χ0n) is 20.9. The lowest BCUT2D eigenvalue weighted by Crippen LogP contribution is -2.41. The first-order chi connectivity index (χ1) is 17.8. The van der Waals surface area contributed by atoms with Crippen LogP contribution in [0.25, 0.3) is 6.08 Å². The summed E-state index contributed by atoms with van der Waals surface area (Å²) in [5.74, 6) is -0.0350. The van der Waals surface area contributed by atoms with E-state index in [0.29, 0.717) is 61.5 Å². The van der Waals surface area contributed by atoms with Gasteiger partial charge in [0.2, 0.25) is 11.8 Å². The Bertz CT molecular complexity index is 1100. The number of carbonyl (C=O) groups is 2. The van der Waals surface area contributed by atoms with Crippen molar-refractivity contribution in [3.63, 3.8) is 0 Å². The Hall–Kier alpha value is -2.45. The molecule has 1 aliphatic carbocycles. The van der Waals surface area contributed by atoms with Gasteiger partial charge in [-0.05, 0) is 74.6 Å². The Kier molecular flexibility index (Phi) is 9.60. The number of carbonyl (C=O) groups excluding carboxylic acids is 2. The van der Waals surface area contributed by atoms with Gasteiger partial charge < -0.3 is 20.2 Å². The van der Waals surface area contributed by atoms with Crippen LogP contribution in [0.3, 0.4) is 0 Å². The molecular formula is C28H34Cl2N4O3. The minimum atomic E-state index is -0.835. The minimum absolute atomic E-state index is 0.0851. The molecule has 1 saturated carbocycles. The van der Waals surface area contributed by atoms with Gasteiger partial charge in [0.05, 0.1) is 15.7 Å². The molecule has 7 nitrogen and oxygen atoms in total. The Morgan fingerprint density at radius 2 is 1.95 bits per heavy atom. The number of nitrogens with one attached hydrogen (secondary N) is 1. The van der Waals surface area contributed by atoms with E-state index in [-0.39, 0.29) is 11.8 Å². The molecule has 2 aliphatic rings. The van der Waals surface area contributed by atoms with Crippen LogP contribution in [0.2, 0.25) is 10.0 Å². The van der Waals surface area contributed by atoms with E-state index in [1.54, 1.807) is 35.4 Å². The number of rotatable bonds is 8. The predicted octanol–water partition coefficient (Wildman–Crippen LogP) is 4.27. The first kappa shape index (κ1) is 27.6. The summed E-state index contributed by atoms with van der Waals surface area (Å²) in [5, 5.41) is 15.5. The van der Waals surface area contributed by atoms with Crippen molar-refractivity contribution in [1.82, 2.24) is 20.1 Å². The molecule has 1 saturated heterocycles. The molecule has 2 amide bonds. The van der Waals surface area contributed by atoms with Gasteiger partial charge in [-0.25, -0.2) is 0 Å². The van der Waals surface area contributed by atoms with Crippen LogP contribution in [-0.4, -0.2) is 70.5 Å². The molecule has 0 atom stereocenters. The van der Waals surface area contributed by atoms with Gasteiger partial charge in [0.25, 0.3) is 0 Å². The average molecular weight is 546 g/mol. The maximum atomic E-state index is 12.7. The Morgan fingerprint density at radius 1 is 1.14 bits per heavy atom. The molecule has 9 heteroatoms. The van der Waals surface area contributed by atoms with Crippen LogP contribution < -0.4 is 5.32 Å². The highest BCUT2D eigenvalue weighted by Crippen LogP contribution is 2.35. The third-order valence-corrected chi connectivity index (χ3v) is 7.99. The van der Waals surface area contributed by atoms with Gasteiger partial charge in [-0.1, -0.05) is 35.3 Å². The summed E-state index contributed by atoms with van der Waals surface area (Å²) < 4.78 is 0. The predicted molar refractivity (Wildman–Crippen MR) is 146 cm³/mol. The van der Waals surface area contributed by atoms with E-state index in [0.717, 1.165) is 37.1 Å². The summed E-state index contributed by atoms with van der Waals surface area (Å²) in [5.41, 5.74) is 0.714. The first-order valence-corrected chi connectivity index (χ1v) is 13.7. The van der Waals surface area contributed by atoms with Crippen molar-refractivity contribution in [1.29, 1.82) is 0 Å². The lowest BCUT2D eigenvalue weighted by atomic mass is 9.80. The molecular weight excluding hydrogens is 511 g/mol. The summed E-state index contributed by atoms with van der Waals surface area (Å²) in [7, 11) is 0. The van der Waals surface area contributed by atoms with Gasteiger partial charge in [0.15, 0.2) is 0 Å². The third-order valence-electron chi connectivity index (χ3n) is 7.25. The molecule has 1 aromatic carbocycles. The highest BCUT2D eigenvalue weighted by atomic mass is 35.5. The molecule has 0 unspecified atom stereocenters. The molecule has 198 valence electrons. The van der Waals surface area contributed by atoms with Crippen LogP contribution in [0, 0.1) is 0 Å². The second-order valence-electron chi connectivity index (χ2n) is 9.79. The fourth-order valence-electron chi connectivity index (χ4n) is 4.98. The summed E-state index contributed by atoms with van der Waals surface area (Å²) in [4.78, 5) is 33.2. The fourth-order valence-corrected chi connectivity index (χ4v) is 5.29. The van der Waals surface area contributed by atoms with Gasteiger partial charge in [-0.2, -0.15) is 0 Å². The number of hydrogen-bond acceptors (Lipinski definition) is 5. The second kappa shape index (κ2) is 12.9. The van der Waals surface area contributed by atoms with Crippen molar-refractivity contribution in [3.8, 4) is 0 Å². The Morgan fingerprint density at radius 3 is 2.68 bits per heavy atom. The van der Waals surface area contributed by atoms with Crippen LogP contribution in [0.5, 0.6) is 0 Å². The molecule has 0 radical (unpaired) electrons. The second-order valence-corrected chi connectivity index (χ2v) is 10.6. The van der Waals surface area contributed by atoms with Crippen LogP contribution in [0.15, 0.2) is 48.7 Å². The van der Waals surface area contributed by atoms with Crippen LogP contribution in [-0.2, 0) is 15.2 Å². The molecule has 2 aromatic rings. The fraction of sp³-hybridized carbons (Fsp3) is 0.464. The number of pyridine rings is 1. The quantitative estimate of drug-likeness (QED) is 0.382. The highest BCUT2D eigenvalue weighted by molar-refractivity contribution is 6.42. The number of amides is 2. The SMILES string of the molecule is O=C(/C=C/c1ccc(Cl)c(Cl)c1)N1CCC(=O)N(CCCN[C@H]2CC[C@](O)(c3ccccn3)CC2)CC1. The van der Waals surface area contributed by atoms with Crippen LogP contribution in [0.1, 0.15) is 49.8 Å². The lowest BCUT2D eigenvalue weighted by molar-refractivity contribution is -0.130. The summed E-state index contributed by atoms with van der Waals surface area (Å²) >= 11 is 12.0. The van der Waals surface area contributed by atoms with Gasteiger partial charge in [-0.3, -0.25) is 14.6 Å². The summed E-state index contributed by atoms with van der Waals surface area (Å²) in [6.45, 7) is 2.94. The standard InChI is InChI=1S/C28H34Cl2N4O3/c29-23-7-5-21(20-24(23)30)6-8-26(35)34-17-11-27(36)33(18-19-34)16-3-15-31-22-9-12-28(37,13-10-22)25-4-1-2-14-32-25/h1-2,4-8,14,20,22,31,37H,3,9-13,15-19H2/b8-6+/t22-,28+. The Labute approximate surface area is 228 Å². The molecule has 1 aliphatic heterocycles. The topological polar surface area (TPSA) is 85.8 Å². The average Bonchev–Trinajstić information content (AvgIpc) is 3.10. The number of hydrogen-bond donors (Lipinski definition) is 2. The minimum Gasteiger partial charge on any atom is -0.384 e. The molecule has 4 rings (SSSR count). The number of halogens is 2. The summed E-state index contributed by atoms with van der Waals surface area (Å²) in [6.07, 6.45) is 9.29. The zero-order chi connectivity index (χ0) is 26.3. The van der Waals surface area contributed by atoms with Crippen molar-refractivity contribution in [3.05, 3.63) is 70.0 Å². The van der Waals surface area contributed by atoms with Gasteiger partial charge >= 0.3 is 0 Å². The Balaban J connectivity index is 1.17. The molecule has 0 spiro atoms. The van der Waals surface area contributed by atoms with Crippen LogP contribution in [0.4, 0.5) is 0 Å². The molecule has 1 aromatic heterocycles. The normalized spacial score (nSPS) is 22.9. The highest BCUT2D eigenvalue weighted by Gasteiger charge is 2.35. The third kappa shape index (κ3) is 7.54. The van der Waals surface area contributed by atoms with Crippen molar-refractivity contribution >= 4 is 41.1 Å². The van der Waals surface area contributed by atoms with Gasteiger partial charge in [-0.15, -0.1) is 0 Å². The molecule has 2 heterocycles. The van der Waals surface area contributed by atoms with Gasteiger partial charge in [0, 0.05) is 50.9 Å². The number of aliphatic hydroxyl groups is 1. The maximum Gasteiger partial charge on any atom is 0.246 e. The van der Waals surface area contributed by atoms with Crippen molar-refractivity contribution in [2.45, 2.75) is 50.2 Å². The molecule has 2 fully saturated rings. The van der Waals surface area contributed by atoms with E-state index in [9.17, 15) is 14.7 Å². The number of aromatic nitrogens is 1. The first-order valence-electron chi connectivity index (χ1n) is 12.9. The number of benzene rings is 1. The lowest BCUT2D eigenvalue weighted by Gasteiger charge is -2.36. The monoisotopic (exact) mass is 544 g/mol. The smallest absolute Gasteiger partial charge is 0.246 e. The van der Waals surface area contributed by atoms with E-state index in [2.05, 4.69) is 10.3 Å². The van der Waals surface area contributed by atoms with Crippen molar-refractivity contribution in [2.75, 3.05) is 32.7 Å². The summed E-state index contributed by atoms with van der Waals surface area (Å²) in [6, 6.07) is 11.2. The van der Waals surface area contributed by atoms with Crippen LogP contribution >= 0.6 is 23.2 Å². The van der Waals surface area contributed by atoms with Gasteiger partial charge in [0.1, 0.15) is 5.60 Å². The zero-order valence-corrected chi connectivity index (χ0v) is 22.4. The van der Waals surface area contributed by atoms with Crippen molar-refractivity contribution in [2.24, 2.45) is 0 Å². The van der Waals surface area contributed by atoms with E-state index < -0.39 is 5.60 Å². The van der Waals surface area contributed by atoms with E-state index in [1.165, 1.54) is 6.08 Å². The van der Waals surface area contributed by atoms with E-state index in [4.69, 9.17) is 23.2 Å². The number of nitrogens with zero attached hydrogens (tertiary/aromatic N) is 3. The largest absolute Gasteiger partial charge is 0.384 e.